The first-order valence-corrected chi connectivity index (χ1v) is 34.8. The van der Waals surface area contributed by atoms with E-state index in [1.54, 1.807) is 0 Å². The molecule has 6 nitrogen and oxygen atoms in total. The number of ether oxygens (including phenoxy) is 1. The van der Waals surface area contributed by atoms with Gasteiger partial charge < -0.3 is 20.3 Å². The normalized spacial score (nSPS) is 12.4. The minimum atomic E-state index is -0.659. The summed E-state index contributed by atoms with van der Waals surface area (Å²) in [7, 11) is 0. The molecule has 0 spiro atoms. The predicted octanol–water partition coefficient (Wildman–Crippen LogP) is 22.2. The van der Waals surface area contributed by atoms with Crippen LogP contribution >= 0.6 is 0 Å². The number of rotatable bonds is 66. The van der Waals surface area contributed by atoms with E-state index in [1.807, 2.05) is 0 Å². The number of hydrogen-bond donors (Lipinski definition) is 3. The quantitative estimate of drug-likeness (QED) is 0.0417. The highest BCUT2D eigenvalue weighted by Gasteiger charge is 2.20. The lowest BCUT2D eigenvalue weighted by molar-refractivity contribution is -0.143. The summed E-state index contributed by atoms with van der Waals surface area (Å²) < 4.78 is 5.49. The molecule has 0 rings (SSSR count). The zero-order valence-electron chi connectivity index (χ0n) is 51.3. The number of esters is 1. The van der Waals surface area contributed by atoms with E-state index in [2.05, 4.69) is 19.2 Å². The van der Waals surface area contributed by atoms with E-state index < -0.39 is 12.1 Å². The molecule has 3 N–H and O–H groups in total. The summed E-state index contributed by atoms with van der Waals surface area (Å²) in [4.78, 5) is 24.5. The van der Waals surface area contributed by atoms with Gasteiger partial charge >= 0.3 is 5.97 Å². The predicted molar refractivity (Wildman–Crippen MR) is 329 cm³/mol. The van der Waals surface area contributed by atoms with Gasteiger partial charge in [-0.25, -0.2) is 0 Å². The molecule has 0 aliphatic rings. The average molecular weight is 1060 g/mol. The van der Waals surface area contributed by atoms with Gasteiger partial charge in [0.15, 0.2) is 0 Å². The van der Waals surface area contributed by atoms with Crippen LogP contribution in [-0.2, 0) is 14.3 Å². The number of carbonyl (C=O) groups excluding carboxylic acids is 2. The van der Waals surface area contributed by atoms with Gasteiger partial charge in [0, 0.05) is 12.8 Å². The zero-order valence-corrected chi connectivity index (χ0v) is 51.3. The lowest BCUT2D eigenvalue weighted by atomic mass is 10.0. The minimum absolute atomic E-state index is 0.0237. The van der Waals surface area contributed by atoms with Crippen molar-refractivity contribution >= 4 is 11.9 Å². The van der Waals surface area contributed by atoms with Crippen molar-refractivity contribution in [2.45, 2.75) is 418 Å². The Morgan fingerprint density at radius 3 is 0.813 bits per heavy atom. The number of unbranched alkanes of at least 4 members (excludes halogenated alkanes) is 55. The van der Waals surface area contributed by atoms with Crippen LogP contribution < -0.4 is 5.32 Å². The third kappa shape index (κ3) is 61.9. The van der Waals surface area contributed by atoms with Crippen molar-refractivity contribution in [2.75, 3.05) is 13.2 Å². The first-order chi connectivity index (χ1) is 37.0. The molecule has 2 atom stereocenters. The van der Waals surface area contributed by atoms with E-state index in [1.165, 1.54) is 334 Å². The Labute approximate surface area is 470 Å². The summed E-state index contributed by atoms with van der Waals surface area (Å²) in [6.07, 6.45) is 78.7. The van der Waals surface area contributed by atoms with Crippen LogP contribution in [0.2, 0.25) is 0 Å². The second kappa shape index (κ2) is 65.4. The van der Waals surface area contributed by atoms with E-state index in [9.17, 15) is 19.8 Å². The molecular formula is C69H137NO5. The maximum absolute atomic E-state index is 12.5. The Bertz CT molecular complexity index is 1080. The molecule has 75 heavy (non-hydrogen) atoms. The highest BCUT2D eigenvalue weighted by molar-refractivity contribution is 5.76. The van der Waals surface area contributed by atoms with E-state index in [-0.39, 0.29) is 18.5 Å². The molecule has 6 heteroatoms. The number of nitrogens with one attached hydrogen (secondary N) is 1. The van der Waals surface area contributed by atoms with Crippen LogP contribution in [0.4, 0.5) is 0 Å². The fraction of sp³-hybridized carbons (Fsp3) is 0.971. The van der Waals surface area contributed by atoms with Crippen molar-refractivity contribution in [1.29, 1.82) is 0 Å². The lowest BCUT2D eigenvalue weighted by Gasteiger charge is -2.22. The summed E-state index contributed by atoms with van der Waals surface area (Å²) in [5.41, 5.74) is 0. The second-order valence-electron chi connectivity index (χ2n) is 24.2. The van der Waals surface area contributed by atoms with Crippen molar-refractivity contribution in [2.24, 2.45) is 0 Å². The molecular weight excluding hydrogens is 923 g/mol. The molecule has 0 saturated carbocycles. The first kappa shape index (κ1) is 73.9. The largest absolute Gasteiger partial charge is 0.466 e. The van der Waals surface area contributed by atoms with Gasteiger partial charge in [0.1, 0.15) is 0 Å². The Morgan fingerprint density at radius 1 is 0.320 bits per heavy atom. The average Bonchev–Trinajstić information content (AvgIpc) is 3.41. The topological polar surface area (TPSA) is 95.9 Å². The molecule has 2 unspecified atom stereocenters. The van der Waals surface area contributed by atoms with Gasteiger partial charge in [-0.2, -0.15) is 0 Å². The van der Waals surface area contributed by atoms with E-state index in [0.29, 0.717) is 25.9 Å². The van der Waals surface area contributed by atoms with Crippen LogP contribution in [-0.4, -0.2) is 47.4 Å². The highest BCUT2D eigenvalue weighted by atomic mass is 16.5. The first-order valence-electron chi connectivity index (χ1n) is 34.8. The standard InChI is InChI=1S/C69H137NO5/c1-3-5-7-9-11-13-15-37-41-45-49-53-57-61-67(72)66(65-71)70-68(73)62-58-54-50-46-42-39-35-33-31-29-27-25-23-21-19-17-18-20-22-24-26-28-30-32-34-36-40-44-48-52-56-60-64-75-69(74)63-59-55-51-47-43-38-16-14-12-10-8-6-4-2/h66-67,71-72H,3-65H2,1-2H3,(H,70,73). The van der Waals surface area contributed by atoms with E-state index in [0.717, 1.165) is 38.5 Å². The van der Waals surface area contributed by atoms with Crippen LogP contribution in [0.15, 0.2) is 0 Å². The van der Waals surface area contributed by atoms with Crippen LogP contribution in [0.1, 0.15) is 406 Å². The molecule has 0 radical (unpaired) electrons. The Morgan fingerprint density at radius 2 is 0.547 bits per heavy atom. The number of aliphatic hydroxyl groups is 2. The van der Waals surface area contributed by atoms with Crippen molar-refractivity contribution in [3.05, 3.63) is 0 Å². The maximum Gasteiger partial charge on any atom is 0.305 e. The van der Waals surface area contributed by atoms with Gasteiger partial charge in [-0.1, -0.05) is 367 Å². The number of aliphatic hydroxyl groups excluding tert-OH is 2. The van der Waals surface area contributed by atoms with Crippen molar-refractivity contribution in [3.63, 3.8) is 0 Å². The van der Waals surface area contributed by atoms with Crippen molar-refractivity contribution < 1.29 is 24.5 Å². The van der Waals surface area contributed by atoms with E-state index in [4.69, 9.17) is 4.74 Å². The van der Waals surface area contributed by atoms with Gasteiger partial charge in [-0.05, 0) is 25.7 Å². The monoisotopic (exact) mass is 1060 g/mol. The van der Waals surface area contributed by atoms with Crippen molar-refractivity contribution in [3.8, 4) is 0 Å². The van der Waals surface area contributed by atoms with Gasteiger partial charge in [-0.3, -0.25) is 9.59 Å². The molecule has 0 aromatic heterocycles. The molecule has 0 saturated heterocycles. The lowest BCUT2D eigenvalue weighted by Crippen LogP contribution is -2.45. The third-order valence-corrected chi connectivity index (χ3v) is 16.7. The fourth-order valence-electron chi connectivity index (χ4n) is 11.4. The molecule has 0 bridgehead atoms. The second-order valence-corrected chi connectivity index (χ2v) is 24.2. The summed E-state index contributed by atoms with van der Waals surface area (Å²) in [5, 5.41) is 23.3. The molecule has 0 heterocycles. The molecule has 0 aromatic rings. The summed E-state index contributed by atoms with van der Waals surface area (Å²) in [5.74, 6) is -0.00390. The van der Waals surface area contributed by atoms with Gasteiger partial charge in [0.2, 0.25) is 5.91 Å². The molecule has 0 aliphatic carbocycles. The van der Waals surface area contributed by atoms with Gasteiger partial charge in [0.25, 0.3) is 0 Å². The Kier molecular flexibility index (Phi) is 64.4. The Balaban J connectivity index is 3.29. The van der Waals surface area contributed by atoms with Crippen LogP contribution in [0.25, 0.3) is 0 Å². The summed E-state index contributed by atoms with van der Waals surface area (Å²) in [6.45, 7) is 4.99. The third-order valence-electron chi connectivity index (χ3n) is 16.7. The smallest absolute Gasteiger partial charge is 0.305 e. The van der Waals surface area contributed by atoms with Crippen LogP contribution in [0, 0.1) is 0 Å². The number of hydrogen-bond acceptors (Lipinski definition) is 5. The highest BCUT2D eigenvalue weighted by Crippen LogP contribution is 2.19. The molecule has 0 fully saturated rings. The minimum Gasteiger partial charge on any atom is -0.466 e. The Hall–Kier alpha value is -1.14. The summed E-state index contributed by atoms with van der Waals surface area (Å²) in [6, 6.07) is -0.536. The molecule has 1 amide bonds. The summed E-state index contributed by atoms with van der Waals surface area (Å²) >= 11 is 0. The number of amides is 1. The fourth-order valence-corrected chi connectivity index (χ4v) is 11.4. The van der Waals surface area contributed by atoms with E-state index >= 15 is 0 Å². The molecule has 0 aliphatic heterocycles. The molecule has 0 aromatic carbocycles. The number of carbonyl (C=O) groups is 2. The van der Waals surface area contributed by atoms with Crippen LogP contribution in [0.3, 0.4) is 0 Å². The maximum atomic E-state index is 12.5. The van der Waals surface area contributed by atoms with Gasteiger partial charge in [0.05, 0.1) is 25.4 Å². The zero-order chi connectivity index (χ0) is 54.3. The van der Waals surface area contributed by atoms with Crippen molar-refractivity contribution in [1.82, 2.24) is 5.32 Å². The van der Waals surface area contributed by atoms with Crippen LogP contribution in [0.5, 0.6) is 0 Å². The SMILES string of the molecule is CCCCCCCCCCCCCCCC(=O)OCCCCCCCCCCCCCCCCCCCCCCCCCCCCCCCCCCC(=O)NC(CO)C(O)CCCCCCCCCCCCCCC. The van der Waals surface area contributed by atoms with Gasteiger partial charge in [-0.15, -0.1) is 0 Å². The molecule has 448 valence electrons.